The van der Waals surface area contributed by atoms with E-state index < -0.39 is 5.91 Å². The van der Waals surface area contributed by atoms with Crippen molar-refractivity contribution < 1.29 is 4.79 Å². The van der Waals surface area contributed by atoms with E-state index in [1.165, 1.54) is 6.20 Å². The molecule has 0 fully saturated rings. The van der Waals surface area contributed by atoms with E-state index in [1.807, 2.05) is 87.5 Å². The average Bonchev–Trinajstić information content (AvgIpc) is 2.60. The van der Waals surface area contributed by atoms with Crippen LogP contribution in [0.25, 0.3) is 0 Å². The Morgan fingerprint density at radius 3 is 1.88 bits per heavy atom. The molecule has 0 heterocycles. The van der Waals surface area contributed by atoms with Crippen molar-refractivity contribution in [1.82, 2.24) is 10.6 Å². The number of nitriles is 1. The van der Waals surface area contributed by atoms with E-state index in [9.17, 15) is 10.1 Å². The first-order valence-electron chi connectivity index (χ1n) is 8.19. The van der Waals surface area contributed by atoms with Crippen LogP contribution in [-0.2, 0) is 4.79 Å². The molecule has 0 atom stereocenters. The lowest BCUT2D eigenvalue weighted by atomic mass is 9.98. The molecule has 0 aliphatic heterocycles. The fourth-order valence-electron chi connectivity index (χ4n) is 2.30. The zero-order valence-electron chi connectivity index (χ0n) is 14.8. The highest BCUT2D eigenvalue weighted by Gasteiger charge is 2.19. The van der Waals surface area contributed by atoms with Crippen molar-refractivity contribution in [2.45, 2.75) is 32.4 Å². The van der Waals surface area contributed by atoms with Crippen LogP contribution in [0.2, 0.25) is 0 Å². The fraction of sp³-hybridized carbons (Fsp3) is 0.238. The van der Waals surface area contributed by atoms with Gasteiger partial charge in [0.25, 0.3) is 5.91 Å². The maximum Gasteiger partial charge on any atom is 0.264 e. The highest BCUT2D eigenvalue weighted by Crippen LogP contribution is 2.22. The van der Waals surface area contributed by atoms with Crippen LogP contribution in [0.5, 0.6) is 0 Å². The normalized spacial score (nSPS) is 11.7. The largest absolute Gasteiger partial charge is 0.385 e. The molecule has 2 aromatic rings. The Kier molecular flexibility index (Phi) is 5.97. The number of nitrogens with one attached hydrogen (secondary N) is 2. The number of nitrogens with zero attached hydrogens (tertiary/aromatic N) is 1. The molecule has 0 saturated heterocycles. The standard InChI is InChI=1S/C21H23N3O/c1-21(2,3)23-15-18(14-22)20(25)24-19(16-10-6-4-7-11-16)17-12-8-5-9-13-17/h4-13,15,19,23H,1-3H3,(H,24,25)/b18-15-. The summed E-state index contributed by atoms with van der Waals surface area (Å²) in [5.41, 5.74) is 1.75. The summed E-state index contributed by atoms with van der Waals surface area (Å²) in [6.45, 7) is 5.90. The summed E-state index contributed by atoms with van der Waals surface area (Å²) >= 11 is 0. The molecule has 4 nitrogen and oxygen atoms in total. The van der Waals surface area contributed by atoms with Crippen LogP contribution in [-0.4, -0.2) is 11.4 Å². The second-order valence-corrected chi connectivity index (χ2v) is 6.79. The molecule has 25 heavy (non-hydrogen) atoms. The molecule has 2 aromatic carbocycles. The first kappa shape index (κ1) is 18.3. The highest BCUT2D eigenvalue weighted by molar-refractivity contribution is 5.97. The van der Waals surface area contributed by atoms with Crippen LogP contribution in [0.1, 0.15) is 37.9 Å². The van der Waals surface area contributed by atoms with E-state index >= 15 is 0 Å². The smallest absolute Gasteiger partial charge is 0.264 e. The summed E-state index contributed by atoms with van der Waals surface area (Å²) in [6.07, 6.45) is 1.47. The number of carbonyl (C=O) groups excluding carboxylic acids is 1. The van der Waals surface area contributed by atoms with Gasteiger partial charge in [-0.2, -0.15) is 5.26 Å². The summed E-state index contributed by atoms with van der Waals surface area (Å²) in [7, 11) is 0. The SMILES string of the molecule is CC(C)(C)N/C=C(/C#N)C(=O)NC(c1ccccc1)c1ccccc1. The Morgan fingerprint density at radius 2 is 1.48 bits per heavy atom. The Morgan fingerprint density at radius 1 is 1.00 bits per heavy atom. The number of carbonyl (C=O) groups is 1. The molecule has 0 aromatic heterocycles. The third-order valence-corrected chi connectivity index (χ3v) is 3.56. The Balaban J connectivity index is 2.28. The van der Waals surface area contributed by atoms with Gasteiger partial charge >= 0.3 is 0 Å². The minimum Gasteiger partial charge on any atom is -0.385 e. The van der Waals surface area contributed by atoms with Crippen LogP contribution < -0.4 is 10.6 Å². The molecule has 2 rings (SSSR count). The van der Waals surface area contributed by atoms with E-state index in [0.717, 1.165) is 11.1 Å². The lowest BCUT2D eigenvalue weighted by Crippen LogP contribution is -2.34. The van der Waals surface area contributed by atoms with Crippen molar-refractivity contribution in [3.05, 3.63) is 83.6 Å². The summed E-state index contributed by atoms with van der Waals surface area (Å²) in [4.78, 5) is 12.6. The molecular weight excluding hydrogens is 310 g/mol. The maximum atomic E-state index is 12.6. The van der Waals surface area contributed by atoms with Crippen LogP contribution in [0.3, 0.4) is 0 Å². The van der Waals surface area contributed by atoms with Gasteiger partial charge in [0, 0.05) is 11.7 Å². The van der Waals surface area contributed by atoms with Crippen molar-refractivity contribution in [1.29, 1.82) is 5.26 Å². The summed E-state index contributed by atoms with van der Waals surface area (Å²) in [5, 5.41) is 15.4. The van der Waals surface area contributed by atoms with Gasteiger partial charge < -0.3 is 10.6 Å². The molecule has 0 spiro atoms. The first-order valence-corrected chi connectivity index (χ1v) is 8.19. The number of hydrogen-bond acceptors (Lipinski definition) is 3. The number of benzene rings is 2. The minimum absolute atomic E-state index is 0.0480. The molecular formula is C21H23N3O. The van der Waals surface area contributed by atoms with Crippen molar-refractivity contribution in [3.8, 4) is 6.07 Å². The summed E-state index contributed by atoms with van der Waals surface area (Å²) in [5.74, 6) is -0.406. The van der Waals surface area contributed by atoms with Gasteiger partial charge in [-0.25, -0.2) is 0 Å². The second-order valence-electron chi connectivity index (χ2n) is 6.79. The van der Waals surface area contributed by atoms with Gasteiger partial charge in [-0.1, -0.05) is 60.7 Å². The first-order chi connectivity index (χ1) is 11.9. The molecule has 128 valence electrons. The van der Waals surface area contributed by atoms with Crippen molar-refractivity contribution in [3.63, 3.8) is 0 Å². The number of rotatable bonds is 5. The molecule has 0 aliphatic rings. The molecule has 1 amide bonds. The van der Waals surface area contributed by atoms with E-state index in [2.05, 4.69) is 10.6 Å². The van der Waals surface area contributed by atoms with Gasteiger partial charge in [0.05, 0.1) is 6.04 Å². The van der Waals surface area contributed by atoms with Gasteiger partial charge in [0.1, 0.15) is 11.6 Å². The third kappa shape index (κ3) is 5.50. The van der Waals surface area contributed by atoms with Gasteiger partial charge in [0.2, 0.25) is 0 Å². The molecule has 0 radical (unpaired) electrons. The highest BCUT2D eigenvalue weighted by atomic mass is 16.1. The van der Waals surface area contributed by atoms with Gasteiger partial charge in [0.15, 0.2) is 0 Å². The zero-order valence-corrected chi connectivity index (χ0v) is 14.8. The van der Waals surface area contributed by atoms with Crippen LogP contribution >= 0.6 is 0 Å². The predicted molar refractivity (Wildman–Crippen MR) is 99.5 cm³/mol. The third-order valence-electron chi connectivity index (χ3n) is 3.56. The Hall–Kier alpha value is -3.06. The van der Waals surface area contributed by atoms with Crippen molar-refractivity contribution in [2.75, 3.05) is 0 Å². The van der Waals surface area contributed by atoms with Crippen LogP contribution in [0.4, 0.5) is 0 Å². The topological polar surface area (TPSA) is 64.9 Å². The van der Waals surface area contributed by atoms with E-state index in [0.29, 0.717) is 0 Å². The van der Waals surface area contributed by atoms with Crippen molar-refractivity contribution >= 4 is 5.91 Å². The molecule has 0 saturated carbocycles. The summed E-state index contributed by atoms with van der Waals surface area (Å²) < 4.78 is 0. The monoisotopic (exact) mass is 333 g/mol. The fourth-order valence-corrected chi connectivity index (χ4v) is 2.30. The molecule has 4 heteroatoms. The molecule has 0 unspecified atom stereocenters. The van der Waals surface area contributed by atoms with Gasteiger partial charge in [-0.05, 0) is 31.9 Å². The van der Waals surface area contributed by atoms with Crippen molar-refractivity contribution in [2.24, 2.45) is 0 Å². The molecule has 0 aliphatic carbocycles. The quantitative estimate of drug-likeness (QED) is 0.648. The number of hydrogen-bond donors (Lipinski definition) is 2. The Labute approximate surface area is 149 Å². The summed E-state index contributed by atoms with van der Waals surface area (Å²) in [6, 6.07) is 21.1. The number of amides is 1. The maximum absolute atomic E-state index is 12.6. The van der Waals surface area contributed by atoms with Gasteiger partial charge in [-0.3, -0.25) is 4.79 Å². The Bertz CT molecular complexity index is 729. The van der Waals surface area contributed by atoms with E-state index in [1.54, 1.807) is 0 Å². The second kappa shape index (κ2) is 8.16. The minimum atomic E-state index is -0.406. The lowest BCUT2D eigenvalue weighted by Gasteiger charge is -2.21. The van der Waals surface area contributed by atoms with E-state index in [-0.39, 0.29) is 17.2 Å². The van der Waals surface area contributed by atoms with Gasteiger partial charge in [-0.15, -0.1) is 0 Å². The van der Waals surface area contributed by atoms with Crippen LogP contribution in [0, 0.1) is 11.3 Å². The van der Waals surface area contributed by atoms with Crippen LogP contribution in [0.15, 0.2) is 72.4 Å². The lowest BCUT2D eigenvalue weighted by molar-refractivity contribution is -0.117. The molecule has 2 N–H and O–H groups in total. The zero-order chi connectivity index (χ0) is 18.3. The molecule has 0 bridgehead atoms. The average molecular weight is 333 g/mol. The van der Waals surface area contributed by atoms with E-state index in [4.69, 9.17) is 0 Å². The predicted octanol–water partition coefficient (Wildman–Crippen LogP) is 3.69.